The molecular formula is C14H23N3. The Bertz CT molecular complexity index is 339. The zero-order valence-corrected chi connectivity index (χ0v) is 11.2. The van der Waals surface area contributed by atoms with Crippen LogP contribution < -0.4 is 4.90 Å². The second-order valence-electron chi connectivity index (χ2n) is 5.05. The molecule has 1 aromatic heterocycles. The van der Waals surface area contributed by atoms with Gasteiger partial charge in [-0.05, 0) is 31.0 Å². The molecule has 1 aromatic rings. The third kappa shape index (κ3) is 2.97. The van der Waals surface area contributed by atoms with Crippen LogP contribution in [0.15, 0.2) is 18.3 Å². The molecule has 3 nitrogen and oxygen atoms in total. The molecule has 0 spiro atoms. The summed E-state index contributed by atoms with van der Waals surface area (Å²) in [4.78, 5) is 9.34. The smallest absolute Gasteiger partial charge is 0.128 e. The van der Waals surface area contributed by atoms with Gasteiger partial charge in [0.1, 0.15) is 5.82 Å². The quantitative estimate of drug-likeness (QED) is 0.799. The van der Waals surface area contributed by atoms with Gasteiger partial charge in [-0.3, -0.25) is 0 Å². The van der Waals surface area contributed by atoms with Crippen LogP contribution in [0.5, 0.6) is 0 Å². The van der Waals surface area contributed by atoms with Crippen LogP contribution in [0.1, 0.15) is 31.7 Å². The lowest BCUT2D eigenvalue weighted by Gasteiger charge is -2.33. The van der Waals surface area contributed by atoms with Gasteiger partial charge in [-0.1, -0.05) is 19.9 Å². The van der Waals surface area contributed by atoms with Gasteiger partial charge in [0.2, 0.25) is 0 Å². The molecule has 2 rings (SSSR count). The van der Waals surface area contributed by atoms with E-state index in [0.717, 1.165) is 32.0 Å². The zero-order chi connectivity index (χ0) is 12.3. The van der Waals surface area contributed by atoms with E-state index in [-0.39, 0.29) is 0 Å². The Morgan fingerprint density at radius 3 is 2.47 bits per heavy atom. The summed E-state index contributed by atoms with van der Waals surface area (Å²) < 4.78 is 0. The van der Waals surface area contributed by atoms with Crippen molar-refractivity contribution in [1.29, 1.82) is 0 Å². The van der Waals surface area contributed by atoms with E-state index >= 15 is 0 Å². The van der Waals surface area contributed by atoms with Gasteiger partial charge in [0, 0.05) is 32.4 Å². The average Bonchev–Trinajstić information content (AvgIpc) is 2.39. The number of aromatic nitrogens is 1. The first-order valence-electron chi connectivity index (χ1n) is 6.60. The Labute approximate surface area is 104 Å². The van der Waals surface area contributed by atoms with E-state index in [0.29, 0.717) is 5.92 Å². The van der Waals surface area contributed by atoms with Crippen molar-refractivity contribution in [2.45, 2.75) is 26.2 Å². The molecule has 1 fully saturated rings. The average molecular weight is 233 g/mol. The largest absolute Gasteiger partial charge is 0.354 e. The highest BCUT2D eigenvalue weighted by Gasteiger charge is 2.15. The monoisotopic (exact) mass is 233 g/mol. The third-order valence-electron chi connectivity index (χ3n) is 3.78. The van der Waals surface area contributed by atoms with E-state index in [1.807, 2.05) is 6.20 Å². The molecule has 94 valence electrons. The van der Waals surface area contributed by atoms with Gasteiger partial charge >= 0.3 is 0 Å². The van der Waals surface area contributed by atoms with Crippen LogP contribution in [0, 0.1) is 0 Å². The first kappa shape index (κ1) is 12.4. The normalized spacial score (nSPS) is 19.4. The maximum absolute atomic E-state index is 4.60. The molecule has 0 bridgehead atoms. The van der Waals surface area contributed by atoms with Gasteiger partial charge in [0.15, 0.2) is 0 Å². The van der Waals surface area contributed by atoms with E-state index in [4.69, 9.17) is 0 Å². The molecule has 0 aromatic carbocycles. The van der Waals surface area contributed by atoms with E-state index < -0.39 is 0 Å². The van der Waals surface area contributed by atoms with Gasteiger partial charge in [-0.15, -0.1) is 0 Å². The van der Waals surface area contributed by atoms with Crippen molar-refractivity contribution in [3.8, 4) is 0 Å². The molecule has 17 heavy (non-hydrogen) atoms. The Morgan fingerprint density at radius 2 is 1.94 bits per heavy atom. The lowest BCUT2D eigenvalue weighted by molar-refractivity contribution is 0.312. The predicted molar refractivity (Wildman–Crippen MR) is 72.7 cm³/mol. The molecule has 0 N–H and O–H groups in total. The number of likely N-dealkylation sites (N-methyl/N-ethyl adjacent to an activating group) is 1. The second kappa shape index (κ2) is 5.50. The van der Waals surface area contributed by atoms with Crippen LogP contribution in [0.4, 0.5) is 5.82 Å². The highest BCUT2D eigenvalue weighted by molar-refractivity contribution is 5.40. The van der Waals surface area contributed by atoms with E-state index in [1.165, 1.54) is 12.0 Å². The maximum Gasteiger partial charge on any atom is 0.128 e. The minimum atomic E-state index is 0.615. The lowest BCUT2D eigenvalue weighted by Crippen LogP contribution is -2.44. The topological polar surface area (TPSA) is 19.4 Å². The summed E-state index contributed by atoms with van der Waals surface area (Å²) in [7, 11) is 2.18. The molecule has 3 heteroatoms. The Balaban J connectivity index is 2.02. The summed E-state index contributed by atoms with van der Waals surface area (Å²) in [6, 6.07) is 4.40. The number of rotatable bonds is 3. The van der Waals surface area contributed by atoms with Crippen molar-refractivity contribution in [2.75, 3.05) is 38.1 Å². The number of hydrogen-bond donors (Lipinski definition) is 0. The van der Waals surface area contributed by atoms with Crippen LogP contribution in [0.2, 0.25) is 0 Å². The van der Waals surface area contributed by atoms with Crippen LogP contribution in [0.3, 0.4) is 0 Å². The van der Waals surface area contributed by atoms with Gasteiger partial charge in [0.05, 0.1) is 0 Å². The molecule has 1 aliphatic rings. The van der Waals surface area contributed by atoms with Crippen LogP contribution in [-0.4, -0.2) is 43.1 Å². The standard InChI is InChI=1S/C14H23N3/c1-4-12(2)13-5-6-14(15-11-13)17-9-7-16(3)8-10-17/h5-6,11-12H,4,7-10H2,1-3H3/t12-/m1/s1. The third-order valence-corrected chi connectivity index (χ3v) is 3.78. The molecule has 2 heterocycles. The fourth-order valence-corrected chi connectivity index (χ4v) is 2.15. The first-order valence-corrected chi connectivity index (χ1v) is 6.60. The molecule has 1 saturated heterocycles. The molecule has 0 saturated carbocycles. The van der Waals surface area contributed by atoms with Crippen molar-refractivity contribution in [3.05, 3.63) is 23.9 Å². The summed E-state index contributed by atoms with van der Waals surface area (Å²) in [5.41, 5.74) is 1.35. The van der Waals surface area contributed by atoms with Crippen molar-refractivity contribution >= 4 is 5.82 Å². The first-order chi connectivity index (χ1) is 8.20. The minimum Gasteiger partial charge on any atom is -0.354 e. The summed E-state index contributed by atoms with van der Waals surface area (Å²) >= 11 is 0. The van der Waals surface area contributed by atoms with Crippen LogP contribution >= 0.6 is 0 Å². The summed E-state index contributed by atoms with van der Waals surface area (Å²) in [5, 5.41) is 0. The number of hydrogen-bond acceptors (Lipinski definition) is 3. The van der Waals surface area contributed by atoms with Gasteiger partial charge in [-0.2, -0.15) is 0 Å². The Morgan fingerprint density at radius 1 is 1.24 bits per heavy atom. The number of nitrogens with zero attached hydrogens (tertiary/aromatic N) is 3. The van der Waals surface area contributed by atoms with Crippen molar-refractivity contribution in [3.63, 3.8) is 0 Å². The fourth-order valence-electron chi connectivity index (χ4n) is 2.15. The Kier molecular flexibility index (Phi) is 4.00. The van der Waals surface area contributed by atoms with E-state index in [2.05, 4.69) is 47.8 Å². The SMILES string of the molecule is CC[C@@H](C)c1ccc(N2CCN(C)CC2)nc1. The van der Waals surface area contributed by atoms with Crippen molar-refractivity contribution in [2.24, 2.45) is 0 Å². The lowest BCUT2D eigenvalue weighted by atomic mass is 10.0. The van der Waals surface area contributed by atoms with Gasteiger partial charge < -0.3 is 9.80 Å². The maximum atomic E-state index is 4.60. The highest BCUT2D eigenvalue weighted by Crippen LogP contribution is 2.20. The molecule has 0 radical (unpaired) electrons. The minimum absolute atomic E-state index is 0.615. The number of piperazine rings is 1. The summed E-state index contributed by atoms with van der Waals surface area (Å²) in [6.45, 7) is 8.92. The fraction of sp³-hybridized carbons (Fsp3) is 0.643. The molecular weight excluding hydrogens is 210 g/mol. The van der Waals surface area contributed by atoms with Gasteiger partial charge in [-0.25, -0.2) is 4.98 Å². The number of anilines is 1. The molecule has 1 atom stereocenters. The van der Waals surface area contributed by atoms with Crippen LogP contribution in [0.25, 0.3) is 0 Å². The van der Waals surface area contributed by atoms with E-state index in [9.17, 15) is 0 Å². The highest BCUT2D eigenvalue weighted by atomic mass is 15.3. The van der Waals surface area contributed by atoms with Crippen molar-refractivity contribution in [1.82, 2.24) is 9.88 Å². The van der Waals surface area contributed by atoms with Crippen LogP contribution in [-0.2, 0) is 0 Å². The summed E-state index contributed by atoms with van der Waals surface area (Å²) in [5.74, 6) is 1.74. The number of pyridine rings is 1. The zero-order valence-electron chi connectivity index (χ0n) is 11.2. The predicted octanol–water partition coefficient (Wildman–Crippen LogP) is 2.35. The second-order valence-corrected chi connectivity index (χ2v) is 5.05. The Hall–Kier alpha value is -1.09. The molecule has 0 aliphatic carbocycles. The molecule has 0 unspecified atom stereocenters. The van der Waals surface area contributed by atoms with Gasteiger partial charge in [0.25, 0.3) is 0 Å². The molecule has 1 aliphatic heterocycles. The van der Waals surface area contributed by atoms with Crippen molar-refractivity contribution < 1.29 is 0 Å². The summed E-state index contributed by atoms with van der Waals surface area (Å²) in [6.07, 6.45) is 3.22. The molecule has 0 amide bonds. The van der Waals surface area contributed by atoms with E-state index in [1.54, 1.807) is 0 Å².